The van der Waals surface area contributed by atoms with Crippen molar-refractivity contribution < 1.29 is 9.84 Å². The van der Waals surface area contributed by atoms with Gasteiger partial charge in [-0.25, -0.2) is 0 Å². The molecule has 1 aromatic carbocycles. The third-order valence-corrected chi connectivity index (χ3v) is 3.67. The number of hydrogen-bond acceptors (Lipinski definition) is 3. The van der Waals surface area contributed by atoms with E-state index in [1.807, 2.05) is 12.1 Å². The lowest BCUT2D eigenvalue weighted by Crippen LogP contribution is -2.30. The van der Waals surface area contributed by atoms with E-state index in [4.69, 9.17) is 22.1 Å². The second-order valence-electron chi connectivity index (χ2n) is 4.82. The molecule has 0 aromatic heterocycles. The molecular formula is C14H20ClNO2. The molecule has 1 fully saturated rings. The van der Waals surface area contributed by atoms with Gasteiger partial charge < -0.3 is 15.6 Å². The van der Waals surface area contributed by atoms with Crippen LogP contribution in [0.1, 0.15) is 37.7 Å². The van der Waals surface area contributed by atoms with Crippen LogP contribution < -0.4 is 10.5 Å². The normalized spacial score (nSPS) is 24.6. The Hall–Kier alpha value is -0.770. The van der Waals surface area contributed by atoms with E-state index < -0.39 is 0 Å². The summed E-state index contributed by atoms with van der Waals surface area (Å²) in [5.41, 5.74) is 6.58. The smallest absolute Gasteiger partial charge is 0.124 e. The molecule has 4 heteroatoms. The Morgan fingerprint density at radius 1 is 1.28 bits per heavy atom. The highest BCUT2D eigenvalue weighted by atomic mass is 35.5. The standard InChI is InChI=1S/C14H20ClNO2/c15-11-6-7-13(10(8-11)9-16)18-14-5-3-1-2-4-12(14)17/h6-8,12,14,17H,1-5,9,16H2. The molecule has 3 nitrogen and oxygen atoms in total. The molecule has 3 N–H and O–H groups in total. The Kier molecular flexibility index (Phi) is 4.87. The molecule has 0 saturated heterocycles. The van der Waals surface area contributed by atoms with Gasteiger partial charge in [-0.15, -0.1) is 0 Å². The highest BCUT2D eigenvalue weighted by Crippen LogP contribution is 2.27. The van der Waals surface area contributed by atoms with Crippen LogP contribution in [0, 0.1) is 0 Å². The van der Waals surface area contributed by atoms with Crippen LogP contribution in [0.5, 0.6) is 5.75 Å². The Morgan fingerprint density at radius 3 is 2.83 bits per heavy atom. The summed E-state index contributed by atoms with van der Waals surface area (Å²) < 4.78 is 5.94. The number of hydrogen-bond donors (Lipinski definition) is 2. The first-order valence-corrected chi connectivity index (χ1v) is 6.91. The Labute approximate surface area is 113 Å². The second-order valence-corrected chi connectivity index (χ2v) is 5.25. The van der Waals surface area contributed by atoms with Crippen molar-refractivity contribution >= 4 is 11.6 Å². The highest BCUT2D eigenvalue weighted by molar-refractivity contribution is 6.30. The topological polar surface area (TPSA) is 55.5 Å². The first-order chi connectivity index (χ1) is 8.70. The van der Waals surface area contributed by atoms with Gasteiger partial charge in [-0.05, 0) is 37.5 Å². The van der Waals surface area contributed by atoms with E-state index >= 15 is 0 Å². The molecular weight excluding hydrogens is 250 g/mol. The van der Waals surface area contributed by atoms with E-state index in [1.54, 1.807) is 6.07 Å². The largest absolute Gasteiger partial charge is 0.487 e. The van der Waals surface area contributed by atoms with Crippen LogP contribution in [0.2, 0.25) is 5.02 Å². The molecule has 1 aliphatic carbocycles. The van der Waals surface area contributed by atoms with Gasteiger partial charge in [0.05, 0.1) is 6.10 Å². The van der Waals surface area contributed by atoms with Crippen molar-refractivity contribution in [2.75, 3.05) is 0 Å². The molecule has 0 radical (unpaired) electrons. The molecule has 2 unspecified atom stereocenters. The van der Waals surface area contributed by atoms with E-state index in [0.717, 1.165) is 37.0 Å². The van der Waals surface area contributed by atoms with Crippen molar-refractivity contribution in [2.45, 2.75) is 50.9 Å². The summed E-state index contributed by atoms with van der Waals surface area (Å²) in [6.45, 7) is 0.388. The van der Waals surface area contributed by atoms with Crippen LogP contribution in [-0.4, -0.2) is 17.3 Å². The highest BCUT2D eigenvalue weighted by Gasteiger charge is 2.23. The predicted molar refractivity (Wildman–Crippen MR) is 72.9 cm³/mol. The van der Waals surface area contributed by atoms with Crippen LogP contribution in [0.4, 0.5) is 0 Å². The Balaban J connectivity index is 2.12. The number of rotatable bonds is 3. The zero-order valence-electron chi connectivity index (χ0n) is 10.4. The van der Waals surface area contributed by atoms with Gasteiger partial charge in [0, 0.05) is 17.1 Å². The summed E-state index contributed by atoms with van der Waals surface area (Å²) in [5.74, 6) is 0.743. The fourth-order valence-corrected chi connectivity index (χ4v) is 2.57. The van der Waals surface area contributed by atoms with Crippen molar-refractivity contribution in [3.05, 3.63) is 28.8 Å². The van der Waals surface area contributed by atoms with E-state index in [2.05, 4.69) is 0 Å². The van der Waals surface area contributed by atoms with Crippen LogP contribution in [0.15, 0.2) is 18.2 Å². The molecule has 0 bridgehead atoms. The van der Waals surface area contributed by atoms with E-state index in [9.17, 15) is 5.11 Å². The molecule has 1 aromatic rings. The van der Waals surface area contributed by atoms with E-state index in [1.165, 1.54) is 6.42 Å². The molecule has 0 heterocycles. The lowest BCUT2D eigenvalue weighted by molar-refractivity contribution is 0.0314. The minimum Gasteiger partial charge on any atom is -0.487 e. The molecule has 2 atom stereocenters. The van der Waals surface area contributed by atoms with Crippen molar-refractivity contribution in [1.29, 1.82) is 0 Å². The molecule has 1 aliphatic rings. The first-order valence-electron chi connectivity index (χ1n) is 6.54. The fourth-order valence-electron chi connectivity index (χ4n) is 2.38. The SMILES string of the molecule is NCc1cc(Cl)ccc1OC1CCCCCC1O. The predicted octanol–water partition coefficient (Wildman–Crippen LogP) is 2.87. The van der Waals surface area contributed by atoms with Crippen molar-refractivity contribution in [3.63, 3.8) is 0 Å². The van der Waals surface area contributed by atoms with Gasteiger partial charge in [-0.3, -0.25) is 0 Å². The lowest BCUT2D eigenvalue weighted by atomic mass is 10.1. The van der Waals surface area contributed by atoms with Crippen molar-refractivity contribution in [1.82, 2.24) is 0 Å². The van der Waals surface area contributed by atoms with Crippen LogP contribution in [0.3, 0.4) is 0 Å². The third-order valence-electron chi connectivity index (χ3n) is 3.44. The summed E-state index contributed by atoms with van der Waals surface area (Å²) in [4.78, 5) is 0. The number of halogens is 1. The van der Waals surface area contributed by atoms with Crippen LogP contribution >= 0.6 is 11.6 Å². The number of aliphatic hydroxyl groups is 1. The summed E-state index contributed by atoms with van der Waals surface area (Å²) in [6, 6.07) is 5.45. The summed E-state index contributed by atoms with van der Waals surface area (Å²) >= 11 is 5.93. The number of aliphatic hydroxyl groups excluding tert-OH is 1. The maximum absolute atomic E-state index is 10.0. The van der Waals surface area contributed by atoms with Gasteiger partial charge in [-0.1, -0.05) is 24.4 Å². The van der Waals surface area contributed by atoms with Crippen LogP contribution in [0.25, 0.3) is 0 Å². The van der Waals surface area contributed by atoms with Gasteiger partial charge in [0.2, 0.25) is 0 Å². The summed E-state index contributed by atoms with van der Waals surface area (Å²) in [6.07, 6.45) is 4.55. The number of nitrogens with two attached hydrogens (primary N) is 1. The average Bonchev–Trinajstić information content (AvgIpc) is 2.57. The molecule has 100 valence electrons. The monoisotopic (exact) mass is 269 g/mol. The van der Waals surface area contributed by atoms with Crippen molar-refractivity contribution in [2.24, 2.45) is 5.73 Å². The van der Waals surface area contributed by atoms with Crippen LogP contribution in [-0.2, 0) is 6.54 Å². The van der Waals surface area contributed by atoms with E-state index in [-0.39, 0.29) is 12.2 Å². The molecule has 0 spiro atoms. The van der Waals surface area contributed by atoms with Gasteiger partial charge >= 0.3 is 0 Å². The van der Waals surface area contributed by atoms with Gasteiger partial charge in [0.1, 0.15) is 11.9 Å². The van der Waals surface area contributed by atoms with Gasteiger partial charge in [-0.2, -0.15) is 0 Å². The number of benzene rings is 1. The first kappa shape index (κ1) is 13.7. The van der Waals surface area contributed by atoms with E-state index in [0.29, 0.717) is 11.6 Å². The van der Waals surface area contributed by atoms with Gasteiger partial charge in [0.15, 0.2) is 0 Å². The molecule has 1 saturated carbocycles. The molecule has 2 rings (SSSR count). The summed E-state index contributed by atoms with van der Waals surface area (Å²) in [5, 5.41) is 10.7. The lowest BCUT2D eigenvalue weighted by Gasteiger charge is -2.23. The maximum Gasteiger partial charge on any atom is 0.124 e. The molecule has 18 heavy (non-hydrogen) atoms. The fraction of sp³-hybridized carbons (Fsp3) is 0.571. The average molecular weight is 270 g/mol. The summed E-state index contributed by atoms with van der Waals surface area (Å²) in [7, 11) is 0. The minimum absolute atomic E-state index is 0.126. The quantitative estimate of drug-likeness (QED) is 0.830. The number of ether oxygens (including phenoxy) is 1. The zero-order valence-corrected chi connectivity index (χ0v) is 11.2. The molecule has 0 amide bonds. The van der Waals surface area contributed by atoms with Crippen molar-refractivity contribution in [3.8, 4) is 5.75 Å². The maximum atomic E-state index is 10.0. The Bertz CT molecular complexity index is 397. The Morgan fingerprint density at radius 2 is 2.06 bits per heavy atom. The van der Waals surface area contributed by atoms with Gasteiger partial charge in [0.25, 0.3) is 0 Å². The minimum atomic E-state index is -0.381. The zero-order chi connectivity index (χ0) is 13.0. The third kappa shape index (κ3) is 3.37. The molecule has 0 aliphatic heterocycles. The second kappa shape index (κ2) is 6.41.